The quantitative estimate of drug-likeness (QED) is 0.590. The summed E-state index contributed by atoms with van der Waals surface area (Å²) in [6.45, 7) is 0.877. The smallest absolute Gasteiger partial charge is 0.341 e. The summed E-state index contributed by atoms with van der Waals surface area (Å²) in [6, 6.07) is 15.9. The Hall–Kier alpha value is -2.87. The van der Waals surface area contributed by atoms with E-state index in [4.69, 9.17) is 0 Å². The minimum atomic E-state index is -0.305. The third-order valence-electron chi connectivity index (χ3n) is 4.27. The zero-order valence-corrected chi connectivity index (χ0v) is 16.3. The Morgan fingerprint density at radius 1 is 1.14 bits per heavy atom. The van der Waals surface area contributed by atoms with Crippen molar-refractivity contribution in [1.82, 2.24) is 19.7 Å². The largest absolute Gasteiger partial charge is 0.343 e. The van der Waals surface area contributed by atoms with Gasteiger partial charge in [0.1, 0.15) is 5.82 Å². The van der Waals surface area contributed by atoms with E-state index in [1.165, 1.54) is 23.9 Å². The highest BCUT2D eigenvalue weighted by Gasteiger charge is 2.14. The Morgan fingerprint density at radius 2 is 1.86 bits per heavy atom. The first kappa shape index (κ1) is 19.9. The van der Waals surface area contributed by atoms with Crippen LogP contribution < -0.4 is 5.69 Å². The number of thioether (sulfide) groups is 1. The van der Waals surface area contributed by atoms with E-state index in [0.717, 1.165) is 11.1 Å². The fourth-order valence-corrected chi connectivity index (χ4v) is 3.60. The van der Waals surface area contributed by atoms with Crippen molar-refractivity contribution in [3.05, 3.63) is 82.0 Å². The molecule has 3 aromatic rings. The number of nitrogens with one attached hydrogen (secondary N) is 1. The van der Waals surface area contributed by atoms with Gasteiger partial charge in [-0.15, -0.1) is 5.10 Å². The Labute approximate surface area is 166 Å². The average Bonchev–Trinajstić information content (AvgIpc) is 3.06. The minimum Gasteiger partial charge on any atom is -0.341 e. The predicted molar refractivity (Wildman–Crippen MR) is 107 cm³/mol. The van der Waals surface area contributed by atoms with Crippen LogP contribution in [0.3, 0.4) is 0 Å². The highest BCUT2D eigenvalue weighted by molar-refractivity contribution is 7.99. The number of H-pyrrole nitrogens is 1. The van der Waals surface area contributed by atoms with E-state index in [1.54, 1.807) is 28.6 Å². The summed E-state index contributed by atoms with van der Waals surface area (Å²) in [7, 11) is 1.69. The summed E-state index contributed by atoms with van der Waals surface area (Å²) < 4.78 is 14.5. The van der Waals surface area contributed by atoms with Crippen LogP contribution >= 0.6 is 11.8 Å². The van der Waals surface area contributed by atoms with Gasteiger partial charge >= 0.3 is 5.69 Å². The number of aromatic nitrogens is 3. The predicted octanol–water partition coefficient (Wildman–Crippen LogP) is 2.70. The number of halogens is 1. The van der Waals surface area contributed by atoms with Crippen molar-refractivity contribution in [3.63, 3.8) is 0 Å². The van der Waals surface area contributed by atoms with E-state index < -0.39 is 0 Å². The van der Waals surface area contributed by atoms with Gasteiger partial charge in [0.25, 0.3) is 0 Å². The number of benzene rings is 2. The summed E-state index contributed by atoms with van der Waals surface area (Å²) in [6.07, 6.45) is 0.701. The standard InChI is InChI=1S/C20H21FN4O2S/c1-24(13-16-7-9-17(21)10-8-16)18(26)14-28-20-23-22-19(27)25(20)12-11-15-5-3-2-4-6-15/h2-10H,11-14H2,1H3,(H,22,27). The van der Waals surface area contributed by atoms with Crippen LogP contribution in [-0.2, 0) is 24.3 Å². The van der Waals surface area contributed by atoms with Crippen molar-refractivity contribution in [2.24, 2.45) is 0 Å². The molecule has 0 saturated heterocycles. The molecule has 1 aromatic heterocycles. The van der Waals surface area contributed by atoms with Gasteiger partial charge in [-0.2, -0.15) is 0 Å². The Balaban J connectivity index is 1.55. The Morgan fingerprint density at radius 3 is 2.57 bits per heavy atom. The molecule has 0 radical (unpaired) electrons. The summed E-state index contributed by atoms with van der Waals surface area (Å²) in [5.41, 5.74) is 1.69. The molecule has 0 aliphatic rings. The third-order valence-corrected chi connectivity index (χ3v) is 5.23. The molecule has 0 saturated carbocycles. The minimum absolute atomic E-state index is 0.0978. The second-order valence-electron chi connectivity index (χ2n) is 6.36. The number of hydrogen-bond donors (Lipinski definition) is 1. The molecule has 0 unspecified atom stereocenters. The van der Waals surface area contributed by atoms with Crippen molar-refractivity contribution >= 4 is 17.7 Å². The van der Waals surface area contributed by atoms with E-state index in [9.17, 15) is 14.0 Å². The lowest BCUT2D eigenvalue weighted by atomic mass is 10.1. The molecule has 3 rings (SSSR count). The molecule has 6 nitrogen and oxygen atoms in total. The van der Waals surface area contributed by atoms with Crippen LogP contribution in [0.1, 0.15) is 11.1 Å². The van der Waals surface area contributed by atoms with E-state index in [2.05, 4.69) is 10.2 Å². The summed E-state index contributed by atoms with van der Waals surface area (Å²) in [5.74, 6) is -0.243. The average molecular weight is 400 g/mol. The van der Waals surface area contributed by atoms with Gasteiger partial charge in [0.2, 0.25) is 5.91 Å². The third kappa shape index (κ3) is 5.32. The Kier molecular flexibility index (Phi) is 6.65. The van der Waals surface area contributed by atoms with Crippen molar-refractivity contribution in [2.75, 3.05) is 12.8 Å². The van der Waals surface area contributed by atoms with E-state index in [1.807, 2.05) is 30.3 Å². The number of amides is 1. The van der Waals surface area contributed by atoms with Crippen LogP contribution in [0.25, 0.3) is 0 Å². The maximum atomic E-state index is 13.0. The van der Waals surface area contributed by atoms with Crippen LogP contribution in [0, 0.1) is 5.82 Å². The fourth-order valence-electron chi connectivity index (χ4n) is 2.68. The summed E-state index contributed by atoms with van der Waals surface area (Å²) in [4.78, 5) is 26.0. The molecule has 0 atom stereocenters. The molecule has 0 bridgehead atoms. The lowest BCUT2D eigenvalue weighted by molar-refractivity contribution is -0.127. The van der Waals surface area contributed by atoms with Gasteiger partial charge in [-0.3, -0.25) is 9.36 Å². The van der Waals surface area contributed by atoms with E-state index >= 15 is 0 Å². The fraction of sp³-hybridized carbons (Fsp3) is 0.250. The van der Waals surface area contributed by atoms with Crippen molar-refractivity contribution < 1.29 is 9.18 Å². The molecule has 1 N–H and O–H groups in total. The van der Waals surface area contributed by atoms with Gasteiger partial charge in [-0.05, 0) is 29.7 Å². The second kappa shape index (κ2) is 9.36. The SMILES string of the molecule is CN(Cc1ccc(F)cc1)C(=O)CSc1n[nH]c(=O)n1CCc1ccccc1. The number of nitrogens with zero attached hydrogens (tertiary/aromatic N) is 3. The van der Waals surface area contributed by atoms with Crippen LogP contribution in [0.4, 0.5) is 4.39 Å². The molecule has 8 heteroatoms. The molecule has 0 spiro atoms. The van der Waals surface area contributed by atoms with Gasteiger partial charge < -0.3 is 4.90 Å². The maximum absolute atomic E-state index is 13.0. The number of rotatable bonds is 8. The van der Waals surface area contributed by atoms with Gasteiger partial charge in [0.15, 0.2) is 5.16 Å². The number of aromatic amines is 1. The summed E-state index contributed by atoms with van der Waals surface area (Å²) in [5, 5.41) is 6.97. The molecule has 2 aromatic carbocycles. The van der Waals surface area contributed by atoms with Gasteiger partial charge in [-0.25, -0.2) is 14.3 Å². The molecular weight excluding hydrogens is 379 g/mol. The molecule has 0 aliphatic heterocycles. The molecular formula is C20H21FN4O2S. The van der Waals surface area contributed by atoms with Gasteiger partial charge in [0, 0.05) is 20.1 Å². The van der Waals surface area contributed by atoms with E-state index in [-0.39, 0.29) is 23.2 Å². The van der Waals surface area contributed by atoms with Crippen LogP contribution in [0.5, 0.6) is 0 Å². The number of aryl methyl sites for hydroxylation is 1. The monoisotopic (exact) mass is 400 g/mol. The first-order chi connectivity index (χ1) is 13.5. The molecule has 146 valence electrons. The topological polar surface area (TPSA) is 71.0 Å². The highest BCUT2D eigenvalue weighted by atomic mass is 32.2. The zero-order chi connectivity index (χ0) is 19.9. The normalized spacial score (nSPS) is 10.8. The van der Waals surface area contributed by atoms with Gasteiger partial charge in [0.05, 0.1) is 5.75 Å². The zero-order valence-electron chi connectivity index (χ0n) is 15.5. The van der Waals surface area contributed by atoms with Gasteiger partial charge in [-0.1, -0.05) is 54.2 Å². The molecule has 1 heterocycles. The van der Waals surface area contributed by atoms with Crippen LogP contribution in [-0.4, -0.2) is 38.4 Å². The van der Waals surface area contributed by atoms with Crippen LogP contribution in [0.15, 0.2) is 64.5 Å². The van der Waals surface area contributed by atoms with Crippen molar-refractivity contribution in [3.8, 4) is 0 Å². The number of hydrogen-bond acceptors (Lipinski definition) is 4. The van der Waals surface area contributed by atoms with Crippen molar-refractivity contribution in [1.29, 1.82) is 0 Å². The first-order valence-electron chi connectivity index (χ1n) is 8.83. The lowest BCUT2D eigenvalue weighted by Gasteiger charge is -2.17. The summed E-state index contributed by atoms with van der Waals surface area (Å²) >= 11 is 1.22. The Bertz CT molecular complexity index is 970. The second-order valence-corrected chi connectivity index (χ2v) is 7.31. The van der Waals surface area contributed by atoms with Crippen LogP contribution in [0.2, 0.25) is 0 Å². The molecule has 1 amide bonds. The molecule has 28 heavy (non-hydrogen) atoms. The number of carbonyl (C=O) groups excluding carboxylic acids is 1. The maximum Gasteiger partial charge on any atom is 0.343 e. The number of carbonyl (C=O) groups is 1. The molecule has 0 fully saturated rings. The first-order valence-corrected chi connectivity index (χ1v) is 9.82. The highest BCUT2D eigenvalue weighted by Crippen LogP contribution is 2.15. The lowest BCUT2D eigenvalue weighted by Crippen LogP contribution is -2.28. The molecule has 0 aliphatic carbocycles. The van der Waals surface area contributed by atoms with E-state index in [0.29, 0.717) is 24.7 Å². The van der Waals surface area contributed by atoms with Crippen molar-refractivity contribution in [2.45, 2.75) is 24.7 Å².